The predicted octanol–water partition coefficient (Wildman–Crippen LogP) is 8.13. The van der Waals surface area contributed by atoms with Crippen molar-refractivity contribution in [2.75, 3.05) is 87.7 Å². The van der Waals surface area contributed by atoms with Crippen molar-refractivity contribution in [3.63, 3.8) is 0 Å². The van der Waals surface area contributed by atoms with Crippen LogP contribution in [-0.4, -0.2) is 171 Å². The molecule has 2 unspecified atom stereocenters. The van der Waals surface area contributed by atoms with Crippen molar-refractivity contribution in [1.82, 2.24) is 30.7 Å². The number of rotatable bonds is 25. The van der Waals surface area contributed by atoms with E-state index in [1.165, 1.54) is 31.3 Å². The van der Waals surface area contributed by atoms with Gasteiger partial charge < -0.3 is 79.7 Å². The third-order valence-electron chi connectivity index (χ3n) is 20.9. The van der Waals surface area contributed by atoms with Gasteiger partial charge in [0, 0.05) is 74.0 Å². The third-order valence-corrected chi connectivity index (χ3v) is 20.9. The minimum absolute atomic E-state index is 0.0634. The second kappa shape index (κ2) is 31.8. The van der Waals surface area contributed by atoms with Gasteiger partial charge in [0.05, 0.1) is 94.5 Å². The molecule has 6 atom stereocenters. The molecule has 552 valence electrons. The van der Waals surface area contributed by atoms with Crippen molar-refractivity contribution < 1.29 is 76.7 Å². The first-order valence-electron chi connectivity index (χ1n) is 35.9. The summed E-state index contributed by atoms with van der Waals surface area (Å²) in [6.45, 7) is 4.23. The minimum Gasteiger partial charge on any atom is -0.497 e. The average molecular weight is 1440 g/mol. The van der Waals surface area contributed by atoms with Gasteiger partial charge in [-0.3, -0.25) is 38.4 Å². The summed E-state index contributed by atoms with van der Waals surface area (Å²) in [5, 5.41) is 26.5. The second-order valence-electron chi connectivity index (χ2n) is 27.8. The molecule has 2 saturated heterocycles. The topological polar surface area (TPSA) is 306 Å². The molecule has 26 nitrogen and oxygen atoms in total. The monoisotopic (exact) mass is 1440 g/mol. The first-order chi connectivity index (χ1) is 51.3. The van der Waals surface area contributed by atoms with E-state index in [4.69, 9.17) is 28.4 Å². The molecule has 1 aliphatic carbocycles. The maximum Gasteiger partial charge on any atom is 0.416 e. The van der Waals surface area contributed by atoms with E-state index in [-0.39, 0.29) is 104 Å². The van der Waals surface area contributed by atoms with Crippen LogP contribution in [0, 0.1) is 23.2 Å². The number of aliphatic hydroxyl groups is 1. The largest absolute Gasteiger partial charge is 0.497 e. The van der Waals surface area contributed by atoms with E-state index >= 15 is 0 Å². The zero-order chi connectivity index (χ0) is 74.3. The Balaban J connectivity index is 0.590. The number of hydrogen-bond donors (Lipinski definition) is 6. The van der Waals surface area contributed by atoms with Gasteiger partial charge >= 0.3 is 6.09 Å². The number of likely N-dealkylation sites (tertiary alicyclic amines) is 1. The number of hydrogen-bond acceptors (Lipinski definition) is 17. The van der Waals surface area contributed by atoms with Gasteiger partial charge in [-0.2, -0.15) is 0 Å². The number of nitrogens with zero attached hydrogens (tertiary/aromatic N) is 5. The number of nitrogens with one attached hydrogen (secondary N) is 5. The van der Waals surface area contributed by atoms with Gasteiger partial charge in [0.2, 0.25) is 35.4 Å². The Labute approximate surface area is 614 Å². The van der Waals surface area contributed by atoms with Gasteiger partial charge in [-0.05, 0) is 127 Å². The normalized spacial score (nSPS) is 19.0. The highest BCUT2D eigenvalue weighted by atomic mass is 16.6. The van der Waals surface area contributed by atoms with Crippen molar-refractivity contribution in [2.24, 2.45) is 11.3 Å². The molecular formula is C80H86N10O16. The summed E-state index contributed by atoms with van der Waals surface area (Å²) in [7, 11) is 4.58. The van der Waals surface area contributed by atoms with Gasteiger partial charge in [0.25, 0.3) is 11.8 Å². The quantitative estimate of drug-likeness (QED) is 0.0233. The molecule has 106 heavy (non-hydrogen) atoms. The number of fused-ring (bicyclic) bond motifs is 6. The Morgan fingerprint density at radius 1 is 0.736 bits per heavy atom. The molecule has 1 saturated carbocycles. The molecule has 9 amide bonds. The maximum absolute atomic E-state index is 14.6. The molecule has 6 aromatic carbocycles. The van der Waals surface area contributed by atoms with Crippen molar-refractivity contribution in [3.05, 3.63) is 166 Å². The lowest BCUT2D eigenvalue weighted by atomic mass is 9.97. The molecule has 6 heterocycles. The number of aliphatic hydroxyl groups excluding tert-OH is 1. The van der Waals surface area contributed by atoms with Crippen molar-refractivity contribution >= 4 is 81.7 Å². The first kappa shape index (κ1) is 72.8. The van der Waals surface area contributed by atoms with Gasteiger partial charge in [0.15, 0.2) is 29.2 Å². The molecule has 7 aliphatic rings. The van der Waals surface area contributed by atoms with Crippen LogP contribution in [0.5, 0.6) is 28.7 Å². The van der Waals surface area contributed by atoms with E-state index < -0.39 is 73.1 Å². The molecule has 0 radical (unpaired) electrons. The van der Waals surface area contributed by atoms with E-state index in [1.54, 1.807) is 58.2 Å². The highest BCUT2D eigenvalue weighted by molar-refractivity contribution is 6.07. The molecular weight excluding hydrogens is 1360 g/mol. The van der Waals surface area contributed by atoms with E-state index in [1.807, 2.05) is 92.8 Å². The lowest BCUT2D eigenvalue weighted by molar-refractivity contribution is -0.139. The highest BCUT2D eigenvalue weighted by Gasteiger charge is 2.58. The summed E-state index contributed by atoms with van der Waals surface area (Å²) in [5.41, 5.74) is 7.03. The predicted molar refractivity (Wildman–Crippen MR) is 392 cm³/mol. The smallest absolute Gasteiger partial charge is 0.416 e. The molecule has 3 fully saturated rings. The molecule has 0 aromatic heterocycles. The number of amides is 9. The summed E-state index contributed by atoms with van der Waals surface area (Å²) in [5.74, 6) is 4.37. The van der Waals surface area contributed by atoms with Gasteiger partial charge in [-0.25, -0.2) is 9.69 Å². The van der Waals surface area contributed by atoms with Crippen LogP contribution in [0.4, 0.5) is 27.5 Å². The molecule has 6 aromatic rings. The first-order valence-corrected chi connectivity index (χ1v) is 35.9. The van der Waals surface area contributed by atoms with Crippen LogP contribution in [0.2, 0.25) is 0 Å². The lowest BCUT2D eigenvalue weighted by Crippen LogP contribution is -2.55. The Kier molecular flexibility index (Phi) is 21.8. The molecule has 26 heteroatoms. The fourth-order valence-corrected chi connectivity index (χ4v) is 14.6. The van der Waals surface area contributed by atoms with Gasteiger partial charge in [-0.1, -0.05) is 86.7 Å². The Hall–Kier alpha value is -11.6. The lowest BCUT2D eigenvalue weighted by Gasteiger charge is -2.31. The average Bonchev–Trinajstić information content (AvgIpc) is 1.56. The number of para-hydroxylation sites is 1. The number of methoxy groups -OCH3 is 3. The number of carbonyl (C=O) groups is 9. The molecule has 0 bridgehead atoms. The molecule has 1 spiro atoms. The summed E-state index contributed by atoms with van der Waals surface area (Å²) in [6.07, 6.45) is 3.78. The van der Waals surface area contributed by atoms with Gasteiger partial charge in [0.1, 0.15) is 24.4 Å². The van der Waals surface area contributed by atoms with E-state index in [2.05, 4.69) is 38.4 Å². The number of ether oxygens (including phenoxy) is 6. The van der Waals surface area contributed by atoms with E-state index in [0.29, 0.717) is 96.9 Å². The summed E-state index contributed by atoms with van der Waals surface area (Å²) < 4.78 is 35.3. The molecule has 6 N–H and O–H groups in total. The van der Waals surface area contributed by atoms with Crippen LogP contribution in [-0.2, 0) is 46.7 Å². The fourth-order valence-electron chi connectivity index (χ4n) is 14.6. The fraction of sp³-hybridized carbons (Fsp3) is 0.388. The maximum atomic E-state index is 14.6. The Morgan fingerprint density at radius 3 is 2.16 bits per heavy atom. The van der Waals surface area contributed by atoms with Gasteiger partial charge in [-0.15, -0.1) is 0 Å². The van der Waals surface area contributed by atoms with E-state index in [0.717, 1.165) is 45.8 Å². The van der Waals surface area contributed by atoms with Crippen LogP contribution in [0.15, 0.2) is 128 Å². The van der Waals surface area contributed by atoms with Crippen LogP contribution in [0.25, 0.3) is 5.57 Å². The summed E-state index contributed by atoms with van der Waals surface area (Å²) in [6, 6.07) is 32.9. The molecule has 6 aliphatic heterocycles. The SMILES string of the molecule is CCC(C)[C@H](NC(=O)[C@H]1CCCN1C(=O)CNC(=O)CNC(=O)CCC(=O)N1Cc2ccccc2C#Cc2ccccc21)C(=O)Nc1ccc(COC(=O)N2c3cc(OCCCOc4cc5c(cc4OC)C(=O)N4C=C(c6ccc(OC)cc6)C[C@H]4CN5)c(OC)cc3C(=O)N3CC4(CC4)C[C@H]3C2O)cc1. The number of benzene rings is 6. The van der Waals surface area contributed by atoms with Crippen molar-refractivity contribution in [2.45, 2.75) is 122 Å². The summed E-state index contributed by atoms with van der Waals surface area (Å²) in [4.78, 5) is 132. The van der Waals surface area contributed by atoms with Crippen LogP contribution >= 0.6 is 0 Å². The number of anilines is 4. The molecule has 13 rings (SSSR count). The third kappa shape index (κ3) is 15.8. The zero-order valence-corrected chi connectivity index (χ0v) is 59.8. The Morgan fingerprint density at radius 2 is 1.43 bits per heavy atom. The summed E-state index contributed by atoms with van der Waals surface area (Å²) >= 11 is 0. The second-order valence-corrected chi connectivity index (χ2v) is 27.8. The zero-order valence-electron chi connectivity index (χ0n) is 59.8. The van der Waals surface area contributed by atoms with Crippen LogP contribution < -0.4 is 60.1 Å². The number of carbonyl (C=O) groups excluding carboxylic acids is 9. The van der Waals surface area contributed by atoms with Crippen LogP contribution in [0.1, 0.15) is 127 Å². The standard InChI is InChI=1S/C80H86N10O16/c1-6-48(2)73(85-74(95)62-17-11-32-86(62)72(94)43-83-70(92)42-82-69(91)28-29-71(93)88-44-53-15-8-7-13-50(53)20-21-52-14-9-10-16-61(52)88)75(96)84-55-24-18-49(19-25-55)46-106-79(100)90-63-39-68(66(103-5)37-59(63)77(98)89-47-80(30-31-80)40-64(89)78(90)99)105-34-12-33-104-67-38-60-58(36-65(67)102-4)76(97)87-45-54(35-56(87)41-81-60)51-22-26-57(101-3)27-23-51/h7-10,13-16,18-19,22-27,36-39,45,48,56,62,64,73,78,81,99H,6,11-12,17,28-35,40-44,46-47H2,1-5H3,(H,82,91)(H,83,92)(H,84,96)(H,85,95)/t48?,56-,62+,64-,73-,78?/m0/s1. The van der Waals surface area contributed by atoms with Crippen LogP contribution in [0.3, 0.4) is 0 Å². The van der Waals surface area contributed by atoms with E-state index in [9.17, 15) is 48.3 Å². The van der Waals surface area contributed by atoms with Crippen molar-refractivity contribution in [1.29, 1.82) is 0 Å². The Bertz CT molecular complexity index is 4510. The minimum atomic E-state index is -1.50. The van der Waals surface area contributed by atoms with Crippen molar-refractivity contribution in [3.8, 4) is 40.6 Å². The highest BCUT2D eigenvalue weighted by Crippen LogP contribution is 2.57.